The van der Waals surface area contributed by atoms with Crippen molar-refractivity contribution in [2.24, 2.45) is 11.0 Å². The molecule has 0 unspecified atom stereocenters. The van der Waals surface area contributed by atoms with E-state index in [1.807, 2.05) is 20.8 Å². The van der Waals surface area contributed by atoms with Crippen LogP contribution in [0.4, 0.5) is 4.79 Å². The van der Waals surface area contributed by atoms with Crippen molar-refractivity contribution >= 4 is 6.09 Å². The Kier molecular flexibility index (Phi) is 14.2. The lowest BCUT2D eigenvalue weighted by atomic mass is 9.86. The maximum absolute atomic E-state index is 11.8. The molecular weight excluding hydrogens is 392 g/mol. The summed E-state index contributed by atoms with van der Waals surface area (Å²) in [5, 5.41) is 6.33. The summed E-state index contributed by atoms with van der Waals surface area (Å²) >= 11 is 0. The van der Waals surface area contributed by atoms with Gasteiger partial charge in [0.15, 0.2) is 0 Å². The molecule has 0 aliphatic heterocycles. The SMILES string of the molecule is CC(C)(C)OC(=O)N[C@H]1CC[C@H](COCCOCCOCCOCCN=[N+]=[N-])CC1. The quantitative estimate of drug-likeness (QED) is 0.184. The van der Waals surface area contributed by atoms with E-state index in [-0.39, 0.29) is 12.1 Å². The minimum absolute atomic E-state index is 0.191. The van der Waals surface area contributed by atoms with Gasteiger partial charge < -0.3 is 29.0 Å². The molecule has 0 radical (unpaired) electrons. The van der Waals surface area contributed by atoms with Crippen LogP contribution in [0.3, 0.4) is 0 Å². The fourth-order valence-electron chi connectivity index (χ4n) is 3.01. The van der Waals surface area contributed by atoms with E-state index >= 15 is 0 Å². The minimum atomic E-state index is -0.466. The fourth-order valence-corrected chi connectivity index (χ4v) is 3.01. The van der Waals surface area contributed by atoms with E-state index in [1.165, 1.54) is 0 Å². The molecule has 0 bridgehead atoms. The maximum Gasteiger partial charge on any atom is 0.407 e. The van der Waals surface area contributed by atoms with Crippen LogP contribution in [0.25, 0.3) is 10.4 Å². The van der Waals surface area contributed by atoms with Crippen molar-refractivity contribution in [1.82, 2.24) is 5.32 Å². The monoisotopic (exact) mass is 430 g/mol. The van der Waals surface area contributed by atoms with Crippen LogP contribution in [0.1, 0.15) is 46.5 Å². The van der Waals surface area contributed by atoms with Crippen LogP contribution >= 0.6 is 0 Å². The molecular formula is C20H38N4O6. The maximum atomic E-state index is 11.8. The lowest BCUT2D eigenvalue weighted by Crippen LogP contribution is -2.41. The number of hydrogen-bond acceptors (Lipinski definition) is 7. The molecule has 1 amide bonds. The smallest absolute Gasteiger partial charge is 0.407 e. The largest absolute Gasteiger partial charge is 0.444 e. The van der Waals surface area contributed by atoms with Crippen LogP contribution in [0.15, 0.2) is 5.11 Å². The molecule has 0 aromatic carbocycles. The molecule has 1 N–H and O–H groups in total. The van der Waals surface area contributed by atoms with Crippen LogP contribution in [0.2, 0.25) is 0 Å². The summed E-state index contributed by atoms with van der Waals surface area (Å²) in [5.41, 5.74) is 7.65. The average Bonchev–Trinajstić information content (AvgIpc) is 2.68. The van der Waals surface area contributed by atoms with Crippen molar-refractivity contribution in [1.29, 1.82) is 0 Å². The number of carbonyl (C=O) groups is 1. The molecule has 30 heavy (non-hydrogen) atoms. The first-order valence-corrected chi connectivity index (χ1v) is 10.7. The van der Waals surface area contributed by atoms with Crippen LogP contribution in [-0.4, -0.2) is 77.1 Å². The van der Waals surface area contributed by atoms with Crippen molar-refractivity contribution in [3.8, 4) is 0 Å². The molecule has 10 heteroatoms. The first-order valence-electron chi connectivity index (χ1n) is 10.7. The fraction of sp³-hybridized carbons (Fsp3) is 0.950. The summed E-state index contributed by atoms with van der Waals surface area (Å²) in [5.74, 6) is 0.531. The van der Waals surface area contributed by atoms with Gasteiger partial charge in [0.2, 0.25) is 0 Å². The summed E-state index contributed by atoms with van der Waals surface area (Å²) in [6.07, 6.45) is 3.66. The van der Waals surface area contributed by atoms with E-state index in [0.717, 1.165) is 32.3 Å². The third kappa shape index (κ3) is 15.3. The van der Waals surface area contributed by atoms with Crippen molar-refractivity contribution in [3.05, 3.63) is 10.4 Å². The van der Waals surface area contributed by atoms with Crippen LogP contribution in [0, 0.1) is 5.92 Å². The predicted octanol–water partition coefficient (Wildman–Crippen LogP) is 3.45. The highest BCUT2D eigenvalue weighted by molar-refractivity contribution is 5.68. The third-order valence-corrected chi connectivity index (χ3v) is 4.44. The molecule has 0 aromatic rings. The van der Waals surface area contributed by atoms with Gasteiger partial charge in [-0.15, -0.1) is 0 Å². The summed E-state index contributed by atoms with van der Waals surface area (Å²) in [4.78, 5) is 14.5. The average molecular weight is 431 g/mol. The van der Waals surface area contributed by atoms with Crippen LogP contribution in [0.5, 0.6) is 0 Å². The van der Waals surface area contributed by atoms with E-state index in [1.54, 1.807) is 0 Å². The second-order valence-corrected chi connectivity index (χ2v) is 8.23. The van der Waals surface area contributed by atoms with E-state index in [2.05, 4.69) is 15.3 Å². The molecule has 10 nitrogen and oxygen atoms in total. The second-order valence-electron chi connectivity index (χ2n) is 8.23. The number of nitrogens with zero attached hydrogens (tertiary/aromatic N) is 3. The second kappa shape index (κ2) is 16.2. The van der Waals surface area contributed by atoms with Gasteiger partial charge in [-0.2, -0.15) is 0 Å². The number of rotatable bonds is 15. The number of hydrogen-bond donors (Lipinski definition) is 1. The normalized spacial score (nSPS) is 19.2. The van der Waals surface area contributed by atoms with Gasteiger partial charge in [-0.3, -0.25) is 0 Å². The van der Waals surface area contributed by atoms with Gasteiger partial charge in [0.25, 0.3) is 0 Å². The summed E-state index contributed by atoms with van der Waals surface area (Å²) < 4.78 is 27.1. The van der Waals surface area contributed by atoms with Crippen molar-refractivity contribution in [3.63, 3.8) is 0 Å². The molecule has 0 atom stereocenters. The lowest BCUT2D eigenvalue weighted by molar-refractivity contribution is -0.00754. The Hall–Kier alpha value is -1.58. The van der Waals surface area contributed by atoms with E-state index in [9.17, 15) is 4.79 Å². The number of alkyl carbamates (subject to hydrolysis) is 1. The van der Waals surface area contributed by atoms with Gasteiger partial charge in [0, 0.05) is 24.1 Å². The molecule has 1 aliphatic carbocycles. The van der Waals surface area contributed by atoms with Crippen LogP contribution in [-0.2, 0) is 23.7 Å². The van der Waals surface area contributed by atoms with Gasteiger partial charge in [0.05, 0.1) is 46.2 Å². The standard InChI is InChI=1S/C20H38N4O6/c1-20(2,3)30-19(25)23-18-6-4-17(5-7-18)16-29-15-14-28-13-12-27-11-10-26-9-8-22-24-21/h17-18H,4-16H2,1-3H3,(H,23,25)/t17-,18-. The van der Waals surface area contributed by atoms with Crippen molar-refractivity contribution in [2.75, 3.05) is 59.4 Å². The zero-order valence-corrected chi connectivity index (χ0v) is 18.6. The Bertz CT molecular complexity index is 500. The molecule has 0 heterocycles. The number of azide groups is 1. The van der Waals surface area contributed by atoms with Crippen molar-refractivity contribution in [2.45, 2.75) is 58.1 Å². The molecule has 174 valence electrons. The van der Waals surface area contributed by atoms with E-state index in [0.29, 0.717) is 58.7 Å². The first-order chi connectivity index (χ1) is 14.4. The van der Waals surface area contributed by atoms with Gasteiger partial charge >= 0.3 is 6.09 Å². The van der Waals surface area contributed by atoms with Gasteiger partial charge in [-0.25, -0.2) is 4.79 Å². The Labute approximate surface area is 179 Å². The molecule has 1 fully saturated rings. The Morgan fingerprint density at radius 2 is 1.47 bits per heavy atom. The highest BCUT2D eigenvalue weighted by atomic mass is 16.6. The number of carbonyl (C=O) groups excluding carboxylic acids is 1. The number of nitrogens with one attached hydrogen (secondary N) is 1. The Morgan fingerprint density at radius 1 is 0.933 bits per heavy atom. The molecule has 0 aromatic heterocycles. The molecule has 1 rings (SSSR count). The lowest BCUT2D eigenvalue weighted by Gasteiger charge is -2.30. The number of ether oxygens (including phenoxy) is 5. The highest BCUT2D eigenvalue weighted by Gasteiger charge is 2.24. The molecule has 0 saturated heterocycles. The predicted molar refractivity (Wildman–Crippen MR) is 112 cm³/mol. The van der Waals surface area contributed by atoms with Gasteiger partial charge in [-0.1, -0.05) is 5.11 Å². The summed E-state index contributed by atoms with van der Waals surface area (Å²) in [6.45, 7) is 10.2. The third-order valence-electron chi connectivity index (χ3n) is 4.44. The van der Waals surface area contributed by atoms with E-state index < -0.39 is 5.60 Å². The summed E-state index contributed by atoms with van der Waals surface area (Å²) in [6, 6.07) is 0.191. The molecule has 1 saturated carbocycles. The zero-order chi connectivity index (χ0) is 22.1. The van der Waals surface area contributed by atoms with Crippen molar-refractivity contribution < 1.29 is 28.5 Å². The number of amides is 1. The zero-order valence-electron chi connectivity index (χ0n) is 18.6. The van der Waals surface area contributed by atoms with Gasteiger partial charge in [-0.05, 0) is 57.9 Å². The summed E-state index contributed by atoms with van der Waals surface area (Å²) in [7, 11) is 0. The Balaban J connectivity index is 1.87. The van der Waals surface area contributed by atoms with Gasteiger partial charge in [0.1, 0.15) is 5.60 Å². The van der Waals surface area contributed by atoms with E-state index in [4.69, 9.17) is 29.2 Å². The topological polar surface area (TPSA) is 124 Å². The first kappa shape index (κ1) is 26.5. The molecule has 1 aliphatic rings. The Morgan fingerprint density at radius 3 is 2.00 bits per heavy atom. The molecule has 0 spiro atoms. The van der Waals surface area contributed by atoms with Crippen LogP contribution < -0.4 is 5.32 Å². The minimum Gasteiger partial charge on any atom is -0.444 e. The highest BCUT2D eigenvalue weighted by Crippen LogP contribution is 2.24.